The number of carbonyl (C=O) groups is 2. The fourth-order valence-electron chi connectivity index (χ4n) is 4.53. The van der Waals surface area contributed by atoms with Crippen molar-refractivity contribution in [1.82, 2.24) is 0 Å². The van der Waals surface area contributed by atoms with E-state index in [2.05, 4.69) is 6.07 Å². The average molecular weight is 433 g/mol. The molecule has 31 heavy (non-hydrogen) atoms. The molecule has 0 bridgehead atoms. The lowest BCUT2D eigenvalue weighted by molar-refractivity contribution is -0.126. The van der Waals surface area contributed by atoms with Crippen molar-refractivity contribution in [2.24, 2.45) is 5.92 Å². The number of benzene rings is 3. The predicted molar refractivity (Wildman–Crippen MR) is 120 cm³/mol. The monoisotopic (exact) mass is 432 g/mol. The highest BCUT2D eigenvalue weighted by Gasteiger charge is 2.60. The number of anilines is 2. The van der Waals surface area contributed by atoms with Gasteiger partial charge in [-0.3, -0.25) is 14.4 Å². The smallest absolute Gasteiger partial charge is 0.266 e. The van der Waals surface area contributed by atoms with Crippen LogP contribution in [0.3, 0.4) is 0 Å². The SMILES string of the molecule is Cc1ccc([C@@H]2[C@@H]3C(=O)N(c4ccc(Cl)cc4)C(=O)[C@@H]3ON2c2ccccc2)c(C)c1. The number of hydrogen-bond donors (Lipinski definition) is 0. The highest BCUT2D eigenvalue weighted by Crippen LogP contribution is 2.48. The van der Waals surface area contributed by atoms with Crippen LogP contribution in [0, 0.1) is 19.8 Å². The standard InChI is InChI=1S/C25H21ClN2O3/c1-15-8-13-20(16(2)14-15)22-21-23(31-28(22)19-6-4-3-5-7-19)25(30)27(24(21)29)18-11-9-17(26)10-12-18/h3-14,21-23H,1-2H3/t21-,22+,23+/m0/s1. The zero-order valence-electron chi connectivity index (χ0n) is 17.2. The first-order valence-electron chi connectivity index (χ1n) is 10.2. The van der Waals surface area contributed by atoms with Crippen LogP contribution < -0.4 is 9.96 Å². The Labute approximate surface area is 185 Å². The molecule has 5 nitrogen and oxygen atoms in total. The van der Waals surface area contributed by atoms with Gasteiger partial charge in [-0.15, -0.1) is 0 Å². The zero-order chi connectivity index (χ0) is 21.7. The number of amides is 2. The first-order chi connectivity index (χ1) is 15.0. The summed E-state index contributed by atoms with van der Waals surface area (Å²) in [4.78, 5) is 34.3. The van der Waals surface area contributed by atoms with Crippen molar-refractivity contribution in [3.05, 3.63) is 94.5 Å². The maximum Gasteiger partial charge on any atom is 0.266 e. The number of fused-ring (bicyclic) bond motifs is 1. The van der Waals surface area contributed by atoms with Crippen LogP contribution in [0.5, 0.6) is 0 Å². The quantitative estimate of drug-likeness (QED) is 0.546. The molecule has 2 amide bonds. The summed E-state index contributed by atoms with van der Waals surface area (Å²) in [6.45, 7) is 4.06. The van der Waals surface area contributed by atoms with E-state index >= 15 is 0 Å². The molecule has 156 valence electrons. The normalized spacial score (nSPS) is 22.9. The highest BCUT2D eigenvalue weighted by atomic mass is 35.5. The molecule has 0 radical (unpaired) electrons. The summed E-state index contributed by atoms with van der Waals surface area (Å²) >= 11 is 5.99. The Balaban J connectivity index is 1.61. The number of carbonyl (C=O) groups excluding carboxylic acids is 2. The molecule has 2 heterocycles. The molecular formula is C25H21ClN2O3. The number of nitrogens with zero attached hydrogens (tertiary/aromatic N) is 2. The van der Waals surface area contributed by atoms with Crippen LogP contribution in [0.2, 0.25) is 5.02 Å². The second-order valence-electron chi connectivity index (χ2n) is 8.01. The van der Waals surface area contributed by atoms with E-state index in [4.69, 9.17) is 16.4 Å². The molecule has 6 heteroatoms. The number of rotatable bonds is 3. The van der Waals surface area contributed by atoms with Gasteiger partial charge in [0.25, 0.3) is 5.91 Å². The molecule has 3 aromatic carbocycles. The molecule has 2 saturated heterocycles. The summed E-state index contributed by atoms with van der Waals surface area (Å²) in [5, 5.41) is 2.27. The van der Waals surface area contributed by atoms with Crippen molar-refractivity contribution in [3.8, 4) is 0 Å². The van der Waals surface area contributed by atoms with Gasteiger partial charge in [0.2, 0.25) is 5.91 Å². The molecule has 0 spiro atoms. The lowest BCUT2D eigenvalue weighted by atomic mass is 9.87. The third kappa shape index (κ3) is 3.21. The van der Waals surface area contributed by atoms with Gasteiger partial charge in [-0.25, -0.2) is 9.96 Å². The van der Waals surface area contributed by atoms with Crippen molar-refractivity contribution >= 4 is 34.8 Å². The van der Waals surface area contributed by atoms with Crippen LogP contribution >= 0.6 is 11.6 Å². The zero-order valence-corrected chi connectivity index (χ0v) is 17.9. The summed E-state index contributed by atoms with van der Waals surface area (Å²) in [5.74, 6) is -1.27. The molecular weight excluding hydrogens is 412 g/mol. The molecule has 0 aromatic heterocycles. The molecule has 2 aliphatic heterocycles. The fraction of sp³-hybridized carbons (Fsp3) is 0.200. The maximum absolute atomic E-state index is 13.6. The third-order valence-electron chi connectivity index (χ3n) is 5.95. The molecule has 0 unspecified atom stereocenters. The Kier molecular flexibility index (Phi) is 4.80. The van der Waals surface area contributed by atoms with Gasteiger partial charge in [0, 0.05) is 5.02 Å². The number of halogens is 1. The van der Waals surface area contributed by atoms with E-state index in [1.54, 1.807) is 29.3 Å². The van der Waals surface area contributed by atoms with E-state index in [1.165, 1.54) is 4.90 Å². The Morgan fingerprint density at radius 3 is 2.23 bits per heavy atom. The Hall–Kier alpha value is -3.15. The van der Waals surface area contributed by atoms with Crippen molar-refractivity contribution in [1.29, 1.82) is 0 Å². The number of aryl methyl sites for hydroxylation is 2. The second kappa shape index (κ2) is 7.52. The minimum Gasteiger partial charge on any atom is -0.273 e. The van der Waals surface area contributed by atoms with Gasteiger partial charge in [-0.1, -0.05) is 53.6 Å². The van der Waals surface area contributed by atoms with Gasteiger partial charge >= 0.3 is 0 Å². The van der Waals surface area contributed by atoms with Crippen LogP contribution in [-0.2, 0) is 14.4 Å². The van der Waals surface area contributed by atoms with Crippen LogP contribution in [0.1, 0.15) is 22.7 Å². The van der Waals surface area contributed by atoms with Gasteiger partial charge < -0.3 is 0 Å². The number of hydrogen-bond acceptors (Lipinski definition) is 4. The molecule has 0 saturated carbocycles. The first-order valence-corrected chi connectivity index (χ1v) is 10.5. The Morgan fingerprint density at radius 1 is 0.839 bits per heavy atom. The minimum atomic E-state index is -0.880. The van der Waals surface area contributed by atoms with Crippen LogP contribution in [0.15, 0.2) is 72.8 Å². The Bertz CT molecular complexity index is 1160. The van der Waals surface area contributed by atoms with Gasteiger partial charge in [0.05, 0.1) is 17.4 Å². The van der Waals surface area contributed by atoms with Crippen molar-refractivity contribution in [2.75, 3.05) is 9.96 Å². The number of hydroxylamine groups is 1. The molecule has 3 aromatic rings. The van der Waals surface area contributed by atoms with Crippen LogP contribution in [0.25, 0.3) is 0 Å². The summed E-state index contributed by atoms with van der Waals surface area (Å²) in [7, 11) is 0. The van der Waals surface area contributed by atoms with E-state index in [0.29, 0.717) is 10.7 Å². The molecule has 3 atom stereocenters. The fourth-order valence-corrected chi connectivity index (χ4v) is 4.66. The predicted octanol–water partition coefficient (Wildman–Crippen LogP) is 5.01. The number of para-hydroxylation sites is 1. The summed E-state index contributed by atoms with van der Waals surface area (Å²) in [5.41, 5.74) is 4.48. The molecule has 2 aliphatic rings. The van der Waals surface area contributed by atoms with E-state index < -0.39 is 18.1 Å². The summed E-state index contributed by atoms with van der Waals surface area (Å²) in [6, 6.07) is 22.0. The lowest BCUT2D eigenvalue weighted by Crippen LogP contribution is -2.37. The second-order valence-corrected chi connectivity index (χ2v) is 8.44. The minimum absolute atomic E-state index is 0.263. The maximum atomic E-state index is 13.6. The van der Waals surface area contributed by atoms with E-state index in [-0.39, 0.29) is 11.8 Å². The average Bonchev–Trinajstić information content (AvgIpc) is 3.26. The summed E-state index contributed by atoms with van der Waals surface area (Å²) in [6.07, 6.45) is -0.880. The van der Waals surface area contributed by atoms with E-state index in [1.807, 2.05) is 56.3 Å². The van der Waals surface area contributed by atoms with Gasteiger partial charge in [0.15, 0.2) is 6.10 Å². The number of imide groups is 1. The van der Waals surface area contributed by atoms with Crippen LogP contribution in [0.4, 0.5) is 11.4 Å². The highest BCUT2D eigenvalue weighted by molar-refractivity contribution is 6.31. The molecule has 0 N–H and O–H groups in total. The van der Waals surface area contributed by atoms with Gasteiger partial charge in [0.1, 0.15) is 5.92 Å². The Morgan fingerprint density at radius 2 is 1.55 bits per heavy atom. The van der Waals surface area contributed by atoms with E-state index in [9.17, 15) is 9.59 Å². The lowest BCUT2D eigenvalue weighted by Gasteiger charge is -2.29. The first kappa shape index (κ1) is 19.8. The topological polar surface area (TPSA) is 49.9 Å². The molecule has 2 fully saturated rings. The largest absolute Gasteiger partial charge is 0.273 e. The van der Waals surface area contributed by atoms with Gasteiger partial charge in [-0.05, 0) is 61.4 Å². The molecule has 5 rings (SSSR count). The van der Waals surface area contributed by atoms with Crippen molar-refractivity contribution in [3.63, 3.8) is 0 Å². The molecule has 0 aliphatic carbocycles. The summed E-state index contributed by atoms with van der Waals surface area (Å²) < 4.78 is 0. The third-order valence-corrected chi connectivity index (χ3v) is 6.21. The van der Waals surface area contributed by atoms with Crippen molar-refractivity contribution in [2.45, 2.75) is 26.0 Å². The van der Waals surface area contributed by atoms with Crippen LogP contribution in [-0.4, -0.2) is 17.9 Å². The van der Waals surface area contributed by atoms with Gasteiger partial charge in [-0.2, -0.15) is 0 Å². The van der Waals surface area contributed by atoms with E-state index in [0.717, 1.165) is 22.4 Å². The van der Waals surface area contributed by atoms with Crippen molar-refractivity contribution < 1.29 is 14.4 Å².